The van der Waals surface area contributed by atoms with E-state index in [9.17, 15) is 14.4 Å². The van der Waals surface area contributed by atoms with Gasteiger partial charge in [0, 0.05) is 26.2 Å². The van der Waals surface area contributed by atoms with Crippen LogP contribution in [0.3, 0.4) is 0 Å². The lowest BCUT2D eigenvalue weighted by molar-refractivity contribution is -0.139. The Bertz CT molecular complexity index is 738. The zero-order valence-corrected chi connectivity index (χ0v) is 16.3. The summed E-state index contributed by atoms with van der Waals surface area (Å²) < 4.78 is 10.9. The molecule has 29 heavy (non-hydrogen) atoms. The molecule has 3 rings (SSSR count). The molecular formula is C20H26N4O5. The third-order valence-electron chi connectivity index (χ3n) is 4.80. The van der Waals surface area contributed by atoms with Crippen molar-refractivity contribution in [1.29, 1.82) is 0 Å². The van der Waals surface area contributed by atoms with Gasteiger partial charge in [-0.2, -0.15) is 5.10 Å². The molecule has 1 aromatic carbocycles. The van der Waals surface area contributed by atoms with Crippen LogP contribution < -0.4 is 15.5 Å². The highest BCUT2D eigenvalue weighted by molar-refractivity contribution is 6.35. The Labute approximate surface area is 169 Å². The van der Waals surface area contributed by atoms with Crippen LogP contribution in [-0.2, 0) is 19.1 Å². The number of hydrazone groups is 1. The first-order valence-corrected chi connectivity index (χ1v) is 9.85. The maximum Gasteiger partial charge on any atom is 0.329 e. The maximum absolute atomic E-state index is 12.0. The quantitative estimate of drug-likeness (QED) is 0.391. The lowest BCUT2D eigenvalue weighted by Crippen LogP contribution is -2.41. The van der Waals surface area contributed by atoms with Gasteiger partial charge < -0.3 is 19.7 Å². The van der Waals surface area contributed by atoms with Gasteiger partial charge in [0.1, 0.15) is 5.75 Å². The maximum atomic E-state index is 12.0. The minimum atomic E-state index is -0.834. The van der Waals surface area contributed by atoms with E-state index in [1.165, 1.54) is 6.21 Å². The number of carbonyl (C=O) groups is 3. The monoisotopic (exact) mass is 402 g/mol. The van der Waals surface area contributed by atoms with Crippen molar-refractivity contribution in [3.05, 3.63) is 29.8 Å². The van der Waals surface area contributed by atoms with Crippen molar-refractivity contribution in [3.63, 3.8) is 0 Å². The number of benzene rings is 1. The molecular weight excluding hydrogens is 376 g/mol. The van der Waals surface area contributed by atoms with Crippen molar-refractivity contribution in [3.8, 4) is 5.75 Å². The number of nitrogens with one attached hydrogen (secondary N) is 2. The molecule has 156 valence electrons. The van der Waals surface area contributed by atoms with Crippen molar-refractivity contribution < 1.29 is 23.9 Å². The average Bonchev–Trinajstić information content (AvgIpc) is 3.45. The fraction of sp³-hybridized carbons (Fsp3) is 0.500. The summed E-state index contributed by atoms with van der Waals surface area (Å²) in [5.74, 6) is -1.01. The number of likely N-dealkylation sites (tertiary alicyclic amines) is 1. The second-order valence-electron chi connectivity index (χ2n) is 6.99. The Hall–Kier alpha value is -2.94. The van der Waals surface area contributed by atoms with Crippen LogP contribution in [0.15, 0.2) is 29.4 Å². The third-order valence-corrected chi connectivity index (χ3v) is 4.80. The predicted molar refractivity (Wildman–Crippen MR) is 105 cm³/mol. The Kier molecular flexibility index (Phi) is 7.57. The summed E-state index contributed by atoms with van der Waals surface area (Å²) in [6, 6.07) is 6.91. The van der Waals surface area contributed by atoms with Gasteiger partial charge in [0.25, 0.3) is 5.91 Å². The van der Waals surface area contributed by atoms with E-state index in [1.54, 1.807) is 29.2 Å². The Morgan fingerprint density at radius 1 is 1.14 bits per heavy atom. The molecule has 9 heteroatoms. The lowest BCUT2D eigenvalue weighted by Gasteiger charge is -2.15. The van der Waals surface area contributed by atoms with E-state index < -0.39 is 11.8 Å². The predicted octanol–water partition coefficient (Wildman–Crippen LogP) is 0.433. The van der Waals surface area contributed by atoms with E-state index in [0.29, 0.717) is 24.5 Å². The van der Waals surface area contributed by atoms with Gasteiger partial charge in [-0.1, -0.05) is 0 Å². The van der Waals surface area contributed by atoms with Crippen molar-refractivity contribution in [2.45, 2.75) is 31.8 Å². The summed E-state index contributed by atoms with van der Waals surface area (Å²) in [7, 11) is 0. The van der Waals surface area contributed by atoms with Gasteiger partial charge in [-0.3, -0.25) is 14.4 Å². The van der Waals surface area contributed by atoms with Crippen molar-refractivity contribution in [2.24, 2.45) is 5.10 Å². The number of ether oxygens (including phenoxy) is 2. The fourth-order valence-corrected chi connectivity index (χ4v) is 3.16. The second-order valence-corrected chi connectivity index (χ2v) is 6.99. The SMILES string of the molecule is O=C(NC[C@H]1CCCO1)C(=O)N/N=C\c1ccc(OCC(=O)N2CCCC2)cc1. The van der Waals surface area contributed by atoms with Crippen LogP contribution in [0.5, 0.6) is 5.75 Å². The molecule has 0 radical (unpaired) electrons. The average molecular weight is 402 g/mol. The summed E-state index contributed by atoms with van der Waals surface area (Å²) in [5, 5.41) is 6.31. The van der Waals surface area contributed by atoms with Crippen LogP contribution in [0.25, 0.3) is 0 Å². The van der Waals surface area contributed by atoms with Crippen LogP contribution in [0, 0.1) is 0 Å². The largest absolute Gasteiger partial charge is 0.484 e. The molecule has 0 aliphatic carbocycles. The highest BCUT2D eigenvalue weighted by Gasteiger charge is 2.19. The van der Waals surface area contributed by atoms with E-state index in [4.69, 9.17) is 9.47 Å². The molecule has 0 unspecified atom stereocenters. The van der Waals surface area contributed by atoms with E-state index in [1.807, 2.05) is 0 Å². The van der Waals surface area contributed by atoms with Crippen LogP contribution in [-0.4, -0.2) is 67.8 Å². The molecule has 0 saturated carbocycles. The highest BCUT2D eigenvalue weighted by atomic mass is 16.5. The number of carbonyl (C=O) groups excluding carboxylic acids is 3. The normalized spacial score (nSPS) is 18.8. The second kappa shape index (κ2) is 10.6. The Morgan fingerprint density at radius 3 is 2.59 bits per heavy atom. The number of hydrogen-bond donors (Lipinski definition) is 2. The van der Waals surface area contributed by atoms with E-state index in [2.05, 4.69) is 15.8 Å². The number of rotatable bonds is 7. The number of nitrogens with zero attached hydrogens (tertiary/aromatic N) is 2. The topological polar surface area (TPSA) is 109 Å². The molecule has 0 aromatic heterocycles. The first-order valence-electron chi connectivity index (χ1n) is 9.85. The molecule has 1 atom stereocenters. The number of hydrogen-bond acceptors (Lipinski definition) is 6. The molecule has 0 bridgehead atoms. The molecule has 3 amide bonds. The summed E-state index contributed by atoms with van der Waals surface area (Å²) in [5.41, 5.74) is 2.90. The minimum Gasteiger partial charge on any atom is -0.484 e. The smallest absolute Gasteiger partial charge is 0.329 e. The van der Waals surface area contributed by atoms with Gasteiger partial charge in [0.05, 0.1) is 12.3 Å². The molecule has 2 aliphatic heterocycles. The fourth-order valence-electron chi connectivity index (χ4n) is 3.16. The molecule has 2 heterocycles. The number of amides is 3. The lowest BCUT2D eigenvalue weighted by atomic mass is 10.2. The summed E-state index contributed by atoms with van der Waals surface area (Å²) >= 11 is 0. The summed E-state index contributed by atoms with van der Waals surface area (Å²) in [6.07, 6.45) is 5.34. The molecule has 2 N–H and O–H groups in total. The van der Waals surface area contributed by atoms with E-state index in [-0.39, 0.29) is 18.6 Å². The Morgan fingerprint density at radius 2 is 1.90 bits per heavy atom. The molecule has 9 nitrogen and oxygen atoms in total. The standard InChI is InChI=1S/C20H26N4O5/c25-18(24-9-1-2-10-24)14-29-16-7-5-15(6-8-16)12-22-23-20(27)19(26)21-13-17-4-3-11-28-17/h5-8,12,17H,1-4,9-11,13-14H2,(H,21,26)(H,23,27)/b22-12-/t17-/m1/s1. The third kappa shape index (κ3) is 6.56. The first-order chi connectivity index (χ1) is 14.1. The summed E-state index contributed by atoms with van der Waals surface area (Å²) in [6.45, 7) is 2.63. The van der Waals surface area contributed by atoms with Crippen molar-refractivity contribution >= 4 is 23.9 Å². The zero-order chi connectivity index (χ0) is 20.5. The van der Waals surface area contributed by atoms with Gasteiger partial charge in [-0.25, -0.2) is 5.43 Å². The molecule has 2 saturated heterocycles. The highest BCUT2D eigenvalue weighted by Crippen LogP contribution is 2.13. The van der Waals surface area contributed by atoms with Crippen LogP contribution in [0.4, 0.5) is 0 Å². The zero-order valence-electron chi connectivity index (χ0n) is 16.3. The van der Waals surface area contributed by atoms with Crippen LogP contribution >= 0.6 is 0 Å². The Balaban J connectivity index is 1.37. The molecule has 0 spiro atoms. The van der Waals surface area contributed by atoms with Gasteiger partial charge in [-0.15, -0.1) is 0 Å². The van der Waals surface area contributed by atoms with Gasteiger partial charge in [0.15, 0.2) is 6.61 Å². The van der Waals surface area contributed by atoms with Crippen molar-refractivity contribution in [1.82, 2.24) is 15.6 Å². The van der Waals surface area contributed by atoms with E-state index in [0.717, 1.165) is 38.8 Å². The van der Waals surface area contributed by atoms with Gasteiger partial charge in [-0.05, 0) is 55.5 Å². The first kappa shape index (κ1) is 20.8. The molecule has 2 aliphatic rings. The van der Waals surface area contributed by atoms with Crippen molar-refractivity contribution in [2.75, 3.05) is 32.8 Å². The molecule has 1 aromatic rings. The molecule has 2 fully saturated rings. The van der Waals surface area contributed by atoms with Crippen LogP contribution in [0.1, 0.15) is 31.2 Å². The van der Waals surface area contributed by atoms with Gasteiger partial charge >= 0.3 is 11.8 Å². The van der Waals surface area contributed by atoms with Crippen LogP contribution in [0.2, 0.25) is 0 Å². The van der Waals surface area contributed by atoms with Gasteiger partial charge in [0.2, 0.25) is 0 Å². The van der Waals surface area contributed by atoms with E-state index >= 15 is 0 Å². The summed E-state index contributed by atoms with van der Waals surface area (Å²) in [4.78, 5) is 37.2. The minimum absolute atomic E-state index is 0.00591.